The molecule has 6 nitrogen and oxygen atoms in total. The van der Waals surface area contributed by atoms with Crippen molar-refractivity contribution >= 4 is 17.4 Å². The molecule has 0 spiro atoms. The third-order valence-corrected chi connectivity index (χ3v) is 3.06. The molecule has 0 saturated carbocycles. The number of likely N-dealkylation sites (tertiary alicyclic amines) is 1. The van der Waals surface area contributed by atoms with Crippen LogP contribution in [0.1, 0.15) is 19.3 Å². The number of urea groups is 1. The van der Waals surface area contributed by atoms with Gasteiger partial charge in [-0.05, 0) is 25.3 Å². The maximum atomic E-state index is 13.6. The molecule has 1 aromatic carbocycles. The molecule has 1 fully saturated rings. The normalized spacial score (nSPS) is 15.1. The zero-order valence-electron chi connectivity index (χ0n) is 10.3. The van der Waals surface area contributed by atoms with Crippen LogP contribution in [0, 0.1) is 15.9 Å². The number of benzene rings is 1. The number of amides is 2. The average molecular weight is 267 g/mol. The first kappa shape index (κ1) is 13.3. The Morgan fingerprint density at radius 3 is 2.63 bits per heavy atom. The third-order valence-electron chi connectivity index (χ3n) is 3.06. The van der Waals surface area contributed by atoms with Crippen molar-refractivity contribution in [3.8, 4) is 0 Å². The van der Waals surface area contributed by atoms with Gasteiger partial charge >= 0.3 is 6.03 Å². The lowest BCUT2D eigenvalue weighted by Crippen LogP contribution is -2.39. The van der Waals surface area contributed by atoms with E-state index in [0.29, 0.717) is 13.1 Å². The average Bonchev–Trinajstić information content (AvgIpc) is 2.41. The fraction of sp³-hybridized carbons (Fsp3) is 0.417. The van der Waals surface area contributed by atoms with Gasteiger partial charge in [0.15, 0.2) is 11.5 Å². The van der Waals surface area contributed by atoms with Gasteiger partial charge in [0, 0.05) is 19.2 Å². The van der Waals surface area contributed by atoms with Crippen molar-refractivity contribution in [2.24, 2.45) is 0 Å². The van der Waals surface area contributed by atoms with Gasteiger partial charge in [-0.1, -0.05) is 6.07 Å². The van der Waals surface area contributed by atoms with Gasteiger partial charge in [0.25, 0.3) is 5.69 Å². The predicted octanol–water partition coefficient (Wildman–Crippen LogP) is 2.75. The maximum Gasteiger partial charge on any atom is 0.322 e. The van der Waals surface area contributed by atoms with Gasteiger partial charge in [-0.3, -0.25) is 15.4 Å². The van der Waals surface area contributed by atoms with E-state index in [1.165, 1.54) is 6.07 Å². The van der Waals surface area contributed by atoms with E-state index >= 15 is 0 Å². The number of anilines is 1. The molecule has 2 amide bonds. The molecule has 0 unspecified atom stereocenters. The molecule has 19 heavy (non-hydrogen) atoms. The Kier molecular flexibility index (Phi) is 3.94. The highest BCUT2D eigenvalue weighted by atomic mass is 19.1. The van der Waals surface area contributed by atoms with Crippen LogP contribution in [0.2, 0.25) is 0 Å². The summed E-state index contributed by atoms with van der Waals surface area (Å²) in [6.07, 6.45) is 2.85. The van der Waals surface area contributed by atoms with Crippen molar-refractivity contribution < 1.29 is 14.1 Å². The zero-order chi connectivity index (χ0) is 13.8. The van der Waals surface area contributed by atoms with Gasteiger partial charge in [0.05, 0.1) is 4.92 Å². The second kappa shape index (κ2) is 5.64. The van der Waals surface area contributed by atoms with Gasteiger partial charge in [0.1, 0.15) is 0 Å². The van der Waals surface area contributed by atoms with Crippen LogP contribution in [-0.2, 0) is 0 Å². The Morgan fingerprint density at radius 1 is 1.32 bits per heavy atom. The second-order valence-corrected chi connectivity index (χ2v) is 4.37. The number of hydrogen-bond acceptors (Lipinski definition) is 3. The molecule has 102 valence electrons. The van der Waals surface area contributed by atoms with E-state index in [-0.39, 0.29) is 5.69 Å². The molecule has 0 aromatic heterocycles. The van der Waals surface area contributed by atoms with Crippen molar-refractivity contribution in [3.63, 3.8) is 0 Å². The number of rotatable bonds is 2. The number of para-hydroxylation sites is 1. The van der Waals surface area contributed by atoms with Crippen LogP contribution in [0.3, 0.4) is 0 Å². The maximum absolute atomic E-state index is 13.6. The first-order chi connectivity index (χ1) is 9.09. The van der Waals surface area contributed by atoms with Crippen LogP contribution in [-0.4, -0.2) is 28.9 Å². The van der Waals surface area contributed by atoms with Crippen molar-refractivity contribution in [2.45, 2.75) is 19.3 Å². The number of halogens is 1. The topological polar surface area (TPSA) is 75.5 Å². The fourth-order valence-corrected chi connectivity index (χ4v) is 2.07. The summed E-state index contributed by atoms with van der Waals surface area (Å²) >= 11 is 0. The van der Waals surface area contributed by atoms with E-state index < -0.39 is 22.5 Å². The van der Waals surface area contributed by atoms with Crippen molar-refractivity contribution in [2.75, 3.05) is 18.4 Å². The van der Waals surface area contributed by atoms with Crippen LogP contribution in [0.15, 0.2) is 18.2 Å². The number of piperidine rings is 1. The van der Waals surface area contributed by atoms with Crippen LogP contribution < -0.4 is 5.32 Å². The quantitative estimate of drug-likeness (QED) is 0.661. The Bertz CT molecular complexity index is 501. The Labute approximate surface area is 109 Å². The number of nitrogens with one attached hydrogen (secondary N) is 1. The minimum absolute atomic E-state index is 0.372. The Hall–Kier alpha value is -2.18. The fourth-order valence-electron chi connectivity index (χ4n) is 2.07. The molecule has 0 bridgehead atoms. The number of nitrogens with zero attached hydrogens (tertiary/aromatic N) is 2. The Morgan fingerprint density at radius 2 is 2.00 bits per heavy atom. The highest BCUT2D eigenvalue weighted by Gasteiger charge is 2.23. The first-order valence-electron chi connectivity index (χ1n) is 6.08. The van der Waals surface area contributed by atoms with Crippen LogP contribution in [0.4, 0.5) is 20.6 Å². The lowest BCUT2D eigenvalue weighted by atomic mass is 10.1. The summed E-state index contributed by atoms with van der Waals surface area (Å²) < 4.78 is 13.6. The summed E-state index contributed by atoms with van der Waals surface area (Å²) in [7, 11) is 0. The monoisotopic (exact) mass is 267 g/mol. The van der Waals surface area contributed by atoms with E-state index in [1.54, 1.807) is 4.90 Å². The second-order valence-electron chi connectivity index (χ2n) is 4.37. The minimum Gasteiger partial charge on any atom is -0.325 e. The lowest BCUT2D eigenvalue weighted by molar-refractivity contribution is -0.384. The lowest BCUT2D eigenvalue weighted by Gasteiger charge is -2.26. The summed E-state index contributed by atoms with van der Waals surface area (Å²) in [5, 5.41) is 13.1. The number of nitro groups is 1. The third kappa shape index (κ3) is 2.98. The summed E-state index contributed by atoms with van der Waals surface area (Å²) in [6, 6.07) is 2.99. The largest absolute Gasteiger partial charge is 0.325 e. The van der Waals surface area contributed by atoms with E-state index in [2.05, 4.69) is 5.32 Å². The van der Waals surface area contributed by atoms with Gasteiger partial charge in [-0.2, -0.15) is 0 Å². The molecule has 0 radical (unpaired) electrons. The van der Waals surface area contributed by atoms with Crippen LogP contribution >= 0.6 is 0 Å². The molecule has 7 heteroatoms. The van der Waals surface area contributed by atoms with Gasteiger partial charge in [0.2, 0.25) is 0 Å². The number of nitro benzene ring substituents is 1. The summed E-state index contributed by atoms with van der Waals surface area (Å²) in [6.45, 7) is 1.18. The number of hydrogen-bond donors (Lipinski definition) is 1. The molecule has 0 aliphatic carbocycles. The standard InChI is InChI=1S/C12H14FN3O3/c13-9-5-4-6-10(16(18)19)11(9)14-12(17)15-7-2-1-3-8-15/h4-6H,1-3,7-8H2,(H,14,17). The van der Waals surface area contributed by atoms with E-state index in [4.69, 9.17) is 0 Å². The molecule has 1 aliphatic heterocycles. The predicted molar refractivity (Wildman–Crippen MR) is 67.5 cm³/mol. The molecule has 1 heterocycles. The molecule has 1 aliphatic rings. The van der Waals surface area contributed by atoms with Gasteiger partial charge in [-0.15, -0.1) is 0 Å². The molecule has 1 saturated heterocycles. The SMILES string of the molecule is O=C(Nc1c(F)cccc1[N+](=O)[O-])N1CCCCC1. The highest BCUT2D eigenvalue weighted by Crippen LogP contribution is 2.27. The molecular formula is C12H14FN3O3. The Balaban J connectivity index is 2.18. The zero-order valence-corrected chi connectivity index (χ0v) is 10.3. The van der Waals surface area contributed by atoms with Gasteiger partial charge < -0.3 is 4.90 Å². The van der Waals surface area contributed by atoms with Crippen molar-refractivity contribution in [1.29, 1.82) is 0 Å². The molecule has 0 atom stereocenters. The summed E-state index contributed by atoms with van der Waals surface area (Å²) in [5.74, 6) is -0.806. The van der Waals surface area contributed by atoms with Crippen LogP contribution in [0.5, 0.6) is 0 Å². The molecule has 1 aromatic rings. The first-order valence-corrected chi connectivity index (χ1v) is 6.08. The number of carbonyl (C=O) groups is 1. The molecule has 1 N–H and O–H groups in total. The molecule has 2 rings (SSSR count). The van der Waals surface area contributed by atoms with E-state index in [9.17, 15) is 19.3 Å². The van der Waals surface area contributed by atoms with Crippen LogP contribution in [0.25, 0.3) is 0 Å². The minimum atomic E-state index is -0.806. The van der Waals surface area contributed by atoms with E-state index in [1.807, 2.05) is 0 Å². The smallest absolute Gasteiger partial charge is 0.322 e. The van der Waals surface area contributed by atoms with Gasteiger partial charge in [-0.25, -0.2) is 9.18 Å². The molecular weight excluding hydrogens is 253 g/mol. The number of carbonyl (C=O) groups excluding carboxylic acids is 1. The van der Waals surface area contributed by atoms with Crippen molar-refractivity contribution in [1.82, 2.24) is 4.90 Å². The summed E-state index contributed by atoms with van der Waals surface area (Å²) in [5.41, 5.74) is -0.812. The summed E-state index contributed by atoms with van der Waals surface area (Å²) in [4.78, 5) is 23.6. The van der Waals surface area contributed by atoms with E-state index in [0.717, 1.165) is 31.4 Å². The van der Waals surface area contributed by atoms with Crippen molar-refractivity contribution in [3.05, 3.63) is 34.1 Å². The highest BCUT2D eigenvalue weighted by molar-refractivity contribution is 5.92.